The van der Waals surface area contributed by atoms with Gasteiger partial charge in [0.05, 0.1) is 6.54 Å². The van der Waals surface area contributed by atoms with Crippen LogP contribution in [0.25, 0.3) is 0 Å². The normalized spacial score (nSPS) is 11.1. The van der Waals surface area contributed by atoms with Gasteiger partial charge in [0.1, 0.15) is 28.0 Å². The first kappa shape index (κ1) is 25.0. The van der Waals surface area contributed by atoms with E-state index < -0.39 is 18.0 Å². The van der Waals surface area contributed by atoms with Crippen molar-refractivity contribution in [1.29, 1.82) is 0 Å². The summed E-state index contributed by atoms with van der Waals surface area (Å²) < 4.78 is 58.3. The average Bonchev–Trinajstić information content (AvgIpc) is 3.27. The molecule has 2 N–H and O–H groups in total. The van der Waals surface area contributed by atoms with Gasteiger partial charge in [0.15, 0.2) is 6.61 Å². The predicted octanol–water partition coefficient (Wildman–Crippen LogP) is 3.85. The molecule has 0 radical (unpaired) electrons. The molecule has 12 heteroatoms. The second kappa shape index (κ2) is 11.5. The van der Waals surface area contributed by atoms with Crippen LogP contribution in [0, 0.1) is 5.82 Å². The molecule has 34 heavy (non-hydrogen) atoms. The van der Waals surface area contributed by atoms with Gasteiger partial charge in [-0.25, -0.2) is 9.37 Å². The highest BCUT2D eigenvalue weighted by molar-refractivity contribution is 7.09. The zero-order chi connectivity index (χ0) is 24.6. The fraction of sp³-hybridized carbons (Fsp3) is 0.227. The molecule has 1 aromatic heterocycles. The van der Waals surface area contributed by atoms with Crippen molar-refractivity contribution in [2.75, 3.05) is 13.2 Å². The number of hydrogen-bond acceptors (Lipinski definition) is 6. The largest absolute Gasteiger partial charge is 0.573 e. The smallest absolute Gasteiger partial charge is 0.484 e. The number of carbonyl (C=O) groups excluding carboxylic acids is 2. The van der Waals surface area contributed by atoms with Crippen molar-refractivity contribution < 1.29 is 36.6 Å². The van der Waals surface area contributed by atoms with Gasteiger partial charge in [0.25, 0.3) is 11.8 Å². The van der Waals surface area contributed by atoms with E-state index in [2.05, 4.69) is 20.4 Å². The number of amides is 2. The highest BCUT2D eigenvalue weighted by Crippen LogP contribution is 2.24. The van der Waals surface area contributed by atoms with Crippen LogP contribution < -0.4 is 20.1 Å². The maximum atomic E-state index is 12.9. The van der Waals surface area contributed by atoms with Gasteiger partial charge in [-0.3, -0.25) is 9.59 Å². The van der Waals surface area contributed by atoms with E-state index in [1.54, 1.807) is 17.5 Å². The quantitative estimate of drug-likeness (QED) is 0.416. The predicted molar refractivity (Wildman–Crippen MR) is 115 cm³/mol. The first-order chi connectivity index (χ1) is 16.2. The summed E-state index contributed by atoms with van der Waals surface area (Å²) in [6.07, 6.45) is -4.25. The van der Waals surface area contributed by atoms with E-state index in [-0.39, 0.29) is 36.3 Å². The summed E-state index contributed by atoms with van der Waals surface area (Å²) in [5.74, 6) is -1.37. The molecular formula is C22H19F4N3O4S. The monoisotopic (exact) mass is 497 g/mol. The van der Waals surface area contributed by atoms with Gasteiger partial charge in [-0.2, -0.15) is 0 Å². The highest BCUT2D eigenvalue weighted by Gasteiger charge is 2.31. The fourth-order valence-electron chi connectivity index (χ4n) is 2.67. The number of hydrogen-bond donors (Lipinski definition) is 2. The third kappa shape index (κ3) is 8.35. The summed E-state index contributed by atoms with van der Waals surface area (Å²) in [4.78, 5) is 28.3. The van der Waals surface area contributed by atoms with Crippen LogP contribution in [0.1, 0.15) is 21.1 Å². The van der Waals surface area contributed by atoms with Gasteiger partial charge in [0.2, 0.25) is 0 Å². The fourth-order valence-corrected chi connectivity index (χ4v) is 3.38. The zero-order valence-corrected chi connectivity index (χ0v) is 18.3. The van der Waals surface area contributed by atoms with E-state index in [0.29, 0.717) is 18.0 Å². The Kier molecular flexibility index (Phi) is 8.41. The summed E-state index contributed by atoms with van der Waals surface area (Å²) in [7, 11) is 0. The van der Waals surface area contributed by atoms with Gasteiger partial charge >= 0.3 is 6.36 Å². The molecule has 0 spiro atoms. The number of benzene rings is 2. The van der Waals surface area contributed by atoms with Gasteiger partial charge in [-0.05, 0) is 48.4 Å². The number of carbonyl (C=O) groups is 2. The lowest BCUT2D eigenvalue weighted by Gasteiger charge is -2.10. The first-order valence-electron chi connectivity index (χ1n) is 9.90. The molecular weight excluding hydrogens is 478 g/mol. The molecule has 0 unspecified atom stereocenters. The van der Waals surface area contributed by atoms with Crippen molar-refractivity contribution in [1.82, 2.24) is 15.6 Å². The standard InChI is InChI=1S/C22H19F4N3O4S/c23-15-3-1-14(2-4-15)9-10-27-21(31)18-13-34-20(29-18)11-28-19(30)12-32-16-5-7-17(8-6-16)33-22(24,25)26/h1-8,13H,9-12H2,(H,27,31)(H,28,30). The molecule has 180 valence electrons. The molecule has 0 saturated carbocycles. The number of aromatic nitrogens is 1. The Morgan fingerprint density at radius 2 is 1.65 bits per heavy atom. The zero-order valence-electron chi connectivity index (χ0n) is 17.5. The van der Waals surface area contributed by atoms with Crippen molar-refractivity contribution in [3.8, 4) is 11.5 Å². The highest BCUT2D eigenvalue weighted by atomic mass is 32.1. The van der Waals surface area contributed by atoms with Crippen molar-refractivity contribution >= 4 is 23.2 Å². The summed E-state index contributed by atoms with van der Waals surface area (Å²) in [5, 5.41) is 7.38. The Labute approximate surface area is 195 Å². The molecule has 0 aliphatic heterocycles. The lowest BCUT2D eigenvalue weighted by Crippen LogP contribution is -2.28. The third-order valence-electron chi connectivity index (χ3n) is 4.26. The van der Waals surface area contributed by atoms with Gasteiger partial charge < -0.3 is 20.1 Å². The number of nitrogens with zero attached hydrogens (tertiary/aromatic N) is 1. The van der Waals surface area contributed by atoms with Crippen LogP contribution in [-0.2, 0) is 17.8 Å². The number of thiazole rings is 1. The van der Waals surface area contributed by atoms with Crippen molar-refractivity contribution in [3.05, 3.63) is 76.0 Å². The Bertz CT molecular complexity index is 1100. The van der Waals surface area contributed by atoms with Crippen LogP contribution in [0.5, 0.6) is 11.5 Å². The average molecular weight is 497 g/mol. The molecule has 0 fully saturated rings. The topological polar surface area (TPSA) is 89.6 Å². The molecule has 0 bridgehead atoms. The van der Waals surface area contributed by atoms with E-state index in [1.807, 2.05) is 0 Å². The van der Waals surface area contributed by atoms with Gasteiger partial charge in [-0.15, -0.1) is 24.5 Å². The molecule has 2 aromatic carbocycles. The van der Waals surface area contributed by atoms with E-state index >= 15 is 0 Å². The summed E-state index contributed by atoms with van der Waals surface area (Å²) in [6, 6.07) is 10.6. The second-order valence-corrected chi connectivity index (χ2v) is 7.79. The molecule has 0 atom stereocenters. The molecule has 0 aliphatic carbocycles. The molecule has 1 heterocycles. The molecule has 7 nitrogen and oxygen atoms in total. The Morgan fingerprint density at radius 1 is 0.971 bits per heavy atom. The number of alkyl halides is 3. The van der Waals surface area contributed by atoms with Crippen molar-refractivity contribution in [2.24, 2.45) is 0 Å². The SMILES string of the molecule is O=C(COc1ccc(OC(F)(F)F)cc1)NCc1nc(C(=O)NCCc2ccc(F)cc2)cs1. The second-order valence-electron chi connectivity index (χ2n) is 6.84. The Hall–Kier alpha value is -3.67. The minimum Gasteiger partial charge on any atom is -0.484 e. The minimum atomic E-state index is -4.79. The van der Waals surface area contributed by atoms with Crippen LogP contribution in [0.15, 0.2) is 53.9 Å². The van der Waals surface area contributed by atoms with Crippen LogP contribution in [0.3, 0.4) is 0 Å². The number of halogens is 4. The summed E-state index contributed by atoms with van der Waals surface area (Å²) in [5.41, 5.74) is 1.10. The Balaban J connectivity index is 1.37. The van der Waals surface area contributed by atoms with Crippen LogP contribution in [-0.4, -0.2) is 36.3 Å². The van der Waals surface area contributed by atoms with E-state index in [0.717, 1.165) is 17.7 Å². The van der Waals surface area contributed by atoms with Crippen LogP contribution in [0.2, 0.25) is 0 Å². The lowest BCUT2D eigenvalue weighted by molar-refractivity contribution is -0.274. The number of rotatable bonds is 10. The van der Waals surface area contributed by atoms with E-state index in [1.165, 1.54) is 35.6 Å². The van der Waals surface area contributed by atoms with E-state index in [4.69, 9.17) is 4.74 Å². The first-order valence-corrected chi connectivity index (χ1v) is 10.8. The van der Waals surface area contributed by atoms with E-state index in [9.17, 15) is 27.2 Å². The number of ether oxygens (including phenoxy) is 2. The molecule has 0 saturated heterocycles. The molecule has 3 aromatic rings. The van der Waals surface area contributed by atoms with Gasteiger partial charge in [0, 0.05) is 11.9 Å². The lowest BCUT2D eigenvalue weighted by atomic mass is 10.1. The maximum absolute atomic E-state index is 12.9. The molecule has 2 amide bonds. The molecule has 0 aliphatic rings. The Morgan fingerprint density at radius 3 is 2.32 bits per heavy atom. The minimum absolute atomic E-state index is 0.0775. The summed E-state index contributed by atoms with van der Waals surface area (Å²) in [6.45, 7) is 0.0738. The molecule has 3 rings (SSSR count). The maximum Gasteiger partial charge on any atom is 0.573 e. The van der Waals surface area contributed by atoms with Crippen LogP contribution >= 0.6 is 11.3 Å². The van der Waals surface area contributed by atoms with Gasteiger partial charge in [-0.1, -0.05) is 12.1 Å². The summed E-state index contributed by atoms with van der Waals surface area (Å²) >= 11 is 1.20. The van der Waals surface area contributed by atoms with Crippen molar-refractivity contribution in [2.45, 2.75) is 19.3 Å². The van der Waals surface area contributed by atoms with Crippen molar-refractivity contribution in [3.63, 3.8) is 0 Å². The van der Waals surface area contributed by atoms with Crippen LogP contribution in [0.4, 0.5) is 17.6 Å². The third-order valence-corrected chi connectivity index (χ3v) is 5.11. The number of nitrogens with one attached hydrogen (secondary N) is 2.